The number of halogens is 1. The van der Waals surface area contributed by atoms with Crippen LogP contribution in [0.15, 0.2) is 42.5 Å². The van der Waals surface area contributed by atoms with Crippen LogP contribution in [0.3, 0.4) is 0 Å². The Morgan fingerprint density at radius 1 is 1.06 bits per heavy atom. The van der Waals surface area contributed by atoms with Crippen LogP contribution in [0.1, 0.15) is 28.4 Å². The molecule has 1 unspecified atom stereocenters. The topological polar surface area (TPSA) is 20.2 Å². The van der Waals surface area contributed by atoms with Crippen molar-refractivity contribution in [3.8, 4) is 0 Å². The lowest BCUT2D eigenvalue weighted by atomic mass is 9.96. The number of rotatable bonds is 3. The van der Waals surface area contributed by atoms with Crippen LogP contribution in [0.5, 0.6) is 0 Å². The number of hydrogen-bond acceptors (Lipinski definition) is 1. The minimum atomic E-state index is -0.545. The van der Waals surface area contributed by atoms with Crippen LogP contribution < -0.4 is 0 Å². The molecule has 18 heavy (non-hydrogen) atoms. The highest BCUT2D eigenvalue weighted by Crippen LogP contribution is 2.22. The molecule has 0 spiro atoms. The zero-order valence-corrected chi connectivity index (χ0v) is 10.7. The van der Waals surface area contributed by atoms with Gasteiger partial charge in [0.05, 0.1) is 6.10 Å². The van der Waals surface area contributed by atoms with Gasteiger partial charge in [-0.3, -0.25) is 0 Å². The predicted molar refractivity (Wildman–Crippen MR) is 71.0 cm³/mol. The average Bonchev–Trinajstić information content (AvgIpc) is 2.32. The van der Waals surface area contributed by atoms with Gasteiger partial charge in [0, 0.05) is 6.42 Å². The monoisotopic (exact) mass is 244 g/mol. The van der Waals surface area contributed by atoms with E-state index in [4.69, 9.17) is 0 Å². The first kappa shape index (κ1) is 12.8. The molecule has 0 saturated carbocycles. The van der Waals surface area contributed by atoms with E-state index in [0.29, 0.717) is 6.42 Å². The molecule has 0 saturated heterocycles. The van der Waals surface area contributed by atoms with Gasteiger partial charge in [-0.05, 0) is 42.7 Å². The van der Waals surface area contributed by atoms with E-state index in [1.165, 1.54) is 17.7 Å². The van der Waals surface area contributed by atoms with Crippen molar-refractivity contribution in [1.82, 2.24) is 0 Å². The third-order valence-corrected chi connectivity index (χ3v) is 3.13. The first-order valence-electron chi connectivity index (χ1n) is 6.06. The Labute approximate surface area is 107 Å². The summed E-state index contributed by atoms with van der Waals surface area (Å²) in [5.41, 5.74) is 4.14. The summed E-state index contributed by atoms with van der Waals surface area (Å²) in [5.74, 6) is -0.250. The second-order valence-electron chi connectivity index (χ2n) is 4.71. The molecule has 94 valence electrons. The zero-order chi connectivity index (χ0) is 13.1. The molecule has 0 aliphatic carbocycles. The van der Waals surface area contributed by atoms with Gasteiger partial charge in [0.1, 0.15) is 5.82 Å². The second kappa shape index (κ2) is 5.32. The minimum absolute atomic E-state index is 0.250. The summed E-state index contributed by atoms with van der Waals surface area (Å²) in [7, 11) is 0. The summed E-state index contributed by atoms with van der Waals surface area (Å²) in [4.78, 5) is 0. The van der Waals surface area contributed by atoms with E-state index in [9.17, 15) is 9.50 Å². The van der Waals surface area contributed by atoms with E-state index in [1.54, 1.807) is 12.1 Å². The van der Waals surface area contributed by atoms with Gasteiger partial charge in [0.2, 0.25) is 0 Å². The summed E-state index contributed by atoms with van der Waals surface area (Å²) in [6.07, 6.45) is -0.0412. The van der Waals surface area contributed by atoms with Gasteiger partial charge in [-0.2, -0.15) is 0 Å². The Morgan fingerprint density at radius 3 is 2.33 bits per heavy atom. The summed E-state index contributed by atoms with van der Waals surface area (Å²) >= 11 is 0. The normalized spacial score (nSPS) is 12.4. The highest BCUT2D eigenvalue weighted by Gasteiger charge is 2.11. The number of hydrogen-bond donors (Lipinski definition) is 1. The van der Waals surface area contributed by atoms with Crippen molar-refractivity contribution in [2.75, 3.05) is 0 Å². The van der Waals surface area contributed by atoms with Crippen LogP contribution in [0, 0.1) is 19.7 Å². The molecule has 0 amide bonds. The first-order valence-corrected chi connectivity index (χ1v) is 6.06. The Kier molecular flexibility index (Phi) is 3.78. The van der Waals surface area contributed by atoms with Crippen LogP contribution in [0.2, 0.25) is 0 Å². The molecule has 2 rings (SSSR count). The van der Waals surface area contributed by atoms with Crippen molar-refractivity contribution in [3.05, 3.63) is 70.5 Å². The van der Waals surface area contributed by atoms with Crippen LogP contribution in [0.4, 0.5) is 4.39 Å². The van der Waals surface area contributed by atoms with Crippen molar-refractivity contribution in [2.24, 2.45) is 0 Å². The Hall–Kier alpha value is -1.67. The molecular formula is C16H17FO. The first-order chi connectivity index (χ1) is 8.56. The van der Waals surface area contributed by atoms with E-state index in [-0.39, 0.29) is 5.82 Å². The smallest absolute Gasteiger partial charge is 0.123 e. The molecule has 1 N–H and O–H groups in total. The van der Waals surface area contributed by atoms with Gasteiger partial charge in [0.15, 0.2) is 0 Å². The fraction of sp³-hybridized carbons (Fsp3) is 0.250. The predicted octanol–water partition coefficient (Wildman–Crippen LogP) is 3.72. The highest BCUT2D eigenvalue weighted by molar-refractivity contribution is 5.33. The second-order valence-corrected chi connectivity index (χ2v) is 4.71. The largest absolute Gasteiger partial charge is 0.388 e. The van der Waals surface area contributed by atoms with E-state index in [1.807, 2.05) is 26.0 Å². The van der Waals surface area contributed by atoms with Crippen LogP contribution in [-0.2, 0) is 6.42 Å². The minimum Gasteiger partial charge on any atom is -0.388 e. The van der Waals surface area contributed by atoms with Gasteiger partial charge in [-0.1, -0.05) is 35.9 Å². The summed E-state index contributed by atoms with van der Waals surface area (Å²) in [6.45, 7) is 4.03. The van der Waals surface area contributed by atoms with Crippen molar-refractivity contribution >= 4 is 0 Å². The molecule has 0 aliphatic heterocycles. The van der Waals surface area contributed by atoms with E-state index in [0.717, 1.165) is 16.7 Å². The lowest BCUT2D eigenvalue weighted by Crippen LogP contribution is -2.04. The molecule has 0 aliphatic rings. The fourth-order valence-electron chi connectivity index (χ4n) is 2.15. The SMILES string of the molecule is Cc1ccc(C(O)Cc2ccc(F)cc2)c(C)c1. The summed E-state index contributed by atoms with van der Waals surface area (Å²) in [5, 5.41) is 10.2. The maximum Gasteiger partial charge on any atom is 0.123 e. The van der Waals surface area contributed by atoms with Crippen LogP contribution in [0.25, 0.3) is 0 Å². The molecule has 0 bridgehead atoms. The Morgan fingerprint density at radius 2 is 1.72 bits per heavy atom. The number of aliphatic hydroxyl groups excluding tert-OH is 1. The molecule has 0 heterocycles. The van der Waals surface area contributed by atoms with Gasteiger partial charge >= 0.3 is 0 Å². The van der Waals surface area contributed by atoms with Crippen LogP contribution in [-0.4, -0.2) is 5.11 Å². The number of aryl methyl sites for hydroxylation is 2. The Balaban J connectivity index is 2.16. The maximum atomic E-state index is 12.8. The molecule has 1 atom stereocenters. The van der Waals surface area contributed by atoms with Gasteiger partial charge in [0.25, 0.3) is 0 Å². The molecule has 1 nitrogen and oxygen atoms in total. The molecule has 2 aromatic rings. The van der Waals surface area contributed by atoms with E-state index in [2.05, 4.69) is 6.07 Å². The molecular weight excluding hydrogens is 227 g/mol. The van der Waals surface area contributed by atoms with Gasteiger partial charge in [-0.15, -0.1) is 0 Å². The summed E-state index contributed by atoms with van der Waals surface area (Å²) < 4.78 is 12.8. The quantitative estimate of drug-likeness (QED) is 0.872. The van der Waals surface area contributed by atoms with Gasteiger partial charge < -0.3 is 5.11 Å². The Bertz CT molecular complexity index is 531. The molecule has 2 aromatic carbocycles. The molecule has 0 radical (unpaired) electrons. The zero-order valence-electron chi connectivity index (χ0n) is 10.7. The number of benzene rings is 2. The molecule has 0 fully saturated rings. The van der Waals surface area contributed by atoms with Crippen LogP contribution >= 0.6 is 0 Å². The molecule has 2 heteroatoms. The van der Waals surface area contributed by atoms with Crippen molar-refractivity contribution < 1.29 is 9.50 Å². The average molecular weight is 244 g/mol. The third-order valence-electron chi connectivity index (χ3n) is 3.13. The number of aliphatic hydroxyl groups is 1. The van der Waals surface area contributed by atoms with Crippen molar-refractivity contribution in [2.45, 2.75) is 26.4 Å². The summed E-state index contributed by atoms with van der Waals surface area (Å²) in [6, 6.07) is 12.3. The lowest BCUT2D eigenvalue weighted by molar-refractivity contribution is 0.177. The maximum absolute atomic E-state index is 12.8. The van der Waals surface area contributed by atoms with E-state index < -0.39 is 6.10 Å². The van der Waals surface area contributed by atoms with Crippen molar-refractivity contribution in [3.63, 3.8) is 0 Å². The fourth-order valence-corrected chi connectivity index (χ4v) is 2.15. The van der Waals surface area contributed by atoms with Gasteiger partial charge in [-0.25, -0.2) is 4.39 Å². The molecule has 0 aromatic heterocycles. The standard InChI is InChI=1S/C16H17FO/c1-11-3-8-15(12(2)9-11)16(18)10-13-4-6-14(17)7-5-13/h3-9,16,18H,10H2,1-2H3. The lowest BCUT2D eigenvalue weighted by Gasteiger charge is -2.14. The van der Waals surface area contributed by atoms with E-state index >= 15 is 0 Å². The third kappa shape index (κ3) is 2.96. The highest BCUT2D eigenvalue weighted by atomic mass is 19.1. The van der Waals surface area contributed by atoms with Crippen molar-refractivity contribution in [1.29, 1.82) is 0 Å².